The van der Waals surface area contributed by atoms with Gasteiger partial charge in [0.05, 0.1) is 11.9 Å². The quantitative estimate of drug-likeness (QED) is 0.811. The molecule has 0 bridgehead atoms. The van der Waals surface area contributed by atoms with Gasteiger partial charge in [-0.2, -0.15) is 0 Å². The van der Waals surface area contributed by atoms with Crippen molar-refractivity contribution >= 4 is 5.97 Å². The van der Waals surface area contributed by atoms with Gasteiger partial charge in [0.15, 0.2) is 5.54 Å². The summed E-state index contributed by atoms with van der Waals surface area (Å²) in [6.45, 7) is 2.46. The summed E-state index contributed by atoms with van der Waals surface area (Å²) >= 11 is 0. The first-order valence-electron chi connectivity index (χ1n) is 6.19. The second kappa shape index (κ2) is 5.02. The van der Waals surface area contributed by atoms with E-state index in [1.54, 1.807) is 6.92 Å². The molecule has 1 unspecified atom stereocenters. The average molecular weight is 252 g/mol. The van der Waals surface area contributed by atoms with Crippen LogP contribution < -0.4 is 5.32 Å². The van der Waals surface area contributed by atoms with Crippen molar-refractivity contribution in [2.75, 3.05) is 6.54 Å². The van der Waals surface area contributed by atoms with Gasteiger partial charge in [0.1, 0.15) is 5.82 Å². The van der Waals surface area contributed by atoms with Crippen molar-refractivity contribution in [1.29, 1.82) is 0 Å². The summed E-state index contributed by atoms with van der Waals surface area (Å²) in [4.78, 5) is 15.5. The normalized spacial score (nSPS) is 18.3. The van der Waals surface area contributed by atoms with E-state index in [9.17, 15) is 14.3 Å². The molecule has 1 heterocycles. The highest BCUT2D eigenvalue weighted by atomic mass is 19.1. The number of nitrogens with one attached hydrogen (secondary N) is 1. The maximum absolute atomic E-state index is 12.9. The van der Waals surface area contributed by atoms with Gasteiger partial charge >= 0.3 is 5.97 Å². The molecule has 1 atom stereocenters. The van der Waals surface area contributed by atoms with Crippen molar-refractivity contribution in [2.24, 2.45) is 5.92 Å². The molecule has 1 aliphatic carbocycles. The minimum absolute atomic E-state index is 0.361. The Hall–Kier alpha value is -1.49. The molecule has 1 fully saturated rings. The summed E-state index contributed by atoms with van der Waals surface area (Å²) in [6.07, 6.45) is 3.71. The van der Waals surface area contributed by atoms with Gasteiger partial charge in [-0.25, -0.2) is 9.18 Å². The minimum Gasteiger partial charge on any atom is -0.480 e. The van der Waals surface area contributed by atoms with Crippen LogP contribution in [0.1, 0.15) is 31.9 Å². The van der Waals surface area contributed by atoms with E-state index in [0.717, 1.165) is 19.0 Å². The molecule has 0 aliphatic heterocycles. The number of aromatic nitrogens is 1. The fourth-order valence-electron chi connectivity index (χ4n) is 2.00. The number of carboxylic acid groups (broad SMARTS) is 1. The maximum atomic E-state index is 12.9. The van der Waals surface area contributed by atoms with Crippen molar-refractivity contribution in [1.82, 2.24) is 10.3 Å². The van der Waals surface area contributed by atoms with Crippen LogP contribution in [0.15, 0.2) is 18.3 Å². The van der Waals surface area contributed by atoms with Crippen LogP contribution in [0.4, 0.5) is 4.39 Å². The molecule has 2 N–H and O–H groups in total. The highest BCUT2D eigenvalue weighted by molar-refractivity contribution is 5.80. The summed E-state index contributed by atoms with van der Waals surface area (Å²) in [7, 11) is 0. The Balaban J connectivity index is 2.26. The molecule has 1 saturated carbocycles. The van der Waals surface area contributed by atoms with Gasteiger partial charge in [0, 0.05) is 0 Å². The van der Waals surface area contributed by atoms with E-state index >= 15 is 0 Å². The molecule has 1 aliphatic rings. The summed E-state index contributed by atoms with van der Waals surface area (Å²) < 4.78 is 12.9. The first-order chi connectivity index (χ1) is 8.58. The van der Waals surface area contributed by atoms with Crippen LogP contribution in [0.25, 0.3) is 0 Å². The molecule has 98 valence electrons. The zero-order valence-corrected chi connectivity index (χ0v) is 10.3. The molecule has 18 heavy (non-hydrogen) atoms. The van der Waals surface area contributed by atoms with Crippen LogP contribution in [0, 0.1) is 11.7 Å². The number of pyridine rings is 1. The molecule has 0 radical (unpaired) electrons. The summed E-state index contributed by atoms with van der Waals surface area (Å²) in [5.41, 5.74) is -0.851. The fraction of sp³-hybridized carbons (Fsp3) is 0.538. The molecule has 0 aromatic carbocycles. The molecule has 1 aromatic heterocycles. The fourth-order valence-corrected chi connectivity index (χ4v) is 2.00. The van der Waals surface area contributed by atoms with Crippen molar-refractivity contribution in [3.8, 4) is 0 Å². The Bertz CT molecular complexity index is 431. The second-order valence-electron chi connectivity index (χ2n) is 4.75. The second-order valence-corrected chi connectivity index (χ2v) is 4.75. The molecule has 2 rings (SSSR count). The Morgan fingerprint density at radius 2 is 2.33 bits per heavy atom. The third-order valence-electron chi connectivity index (χ3n) is 3.45. The average Bonchev–Trinajstić information content (AvgIpc) is 3.16. The van der Waals surface area contributed by atoms with Gasteiger partial charge in [-0.3, -0.25) is 10.3 Å². The topological polar surface area (TPSA) is 62.2 Å². The first kappa shape index (κ1) is 13.0. The van der Waals surface area contributed by atoms with Gasteiger partial charge in [0.2, 0.25) is 0 Å². The predicted octanol–water partition coefficient (Wildman–Crippen LogP) is 1.91. The lowest BCUT2D eigenvalue weighted by atomic mass is 9.91. The smallest absolute Gasteiger partial charge is 0.330 e. The van der Waals surface area contributed by atoms with E-state index in [2.05, 4.69) is 10.3 Å². The van der Waals surface area contributed by atoms with Crippen molar-refractivity contribution in [3.05, 3.63) is 29.8 Å². The van der Waals surface area contributed by atoms with Crippen LogP contribution in [0.5, 0.6) is 0 Å². The minimum atomic E-state index is -1.21. The predicted molar refractivity (Wildman–Crippen MR) is 64.5 cm³/mol. The molecule has 5 heteroatoms. The van der Waals surface area contributed by atoms with Gasteiger partial charge < -0.3 is 5.11 Å². The zero-order chi connectivity index (χ0) is 13.2. The Morgan fingerprint density at radius 1 is 1.61 bits per heavy atom. The molecular formula is C13H17FN2O2. The Labute approximate surface area is 105 Å². The zero-order valence-electron chi connectivity index (χ0n) is 10.3. The molecule has 4 nitrogen and oxygen atoms in total. The number of carbonyl (C=O) groups is 1. The number of halogens is 1. The molecule has 0 spiro atoms. The first-order valence-corrected chi connectivity index (χ1v) is 6.19. The largest absolute Gasteiger partial charge is 0.480 e. The van der Waals surface area contributed by atoms with Crippen molar-refractivity contribution < 1.29 is 14.3 Å². The molecule has 0 amide bonds. The van der Waals surface area contributed by atoms with Crippen molar-refractivity contribution in [2.45, 2.75) is 31.7 Å². The van der Waals surface area contributed by atoms with Crippen LogP contribution in [-0.4, -0.2) is 22.6 Å². The van der Waals surface area contributed by atoms with E-state index in [1.807, 2.05) is 0 Å². The lowest BCUT2D eigenvalue weighted by molar-refractivity contribution is -0.145. The maximum Gasteiger partial charge on any atom is 0.330 e. The lowest BCUT2D eigenvalue weighted by Gasteiger charge is -2.29. The van der Waals surface area contributed by atoms with E-state index in [-0.39, 0.29) is 0 Å². The Kier molecular flexibility index (Phi) is 3.61. The van der Waals surface area contributed by atoms with Gasteiger partial charge in [0.25, 0.3) is 0 Å². The number of nitrogens with zero attached hydrogens (tertiary/aromatic N) is 1. The molecular weight excluding hydrogens is 235 g/mol. The van der Waals surface area contributed by atoms with E-state index in [4.69, 9.17) is 0 Å². The molecule has 1 aromatic rings. The van der Waals surface area contributed by atoms with E-state index in [0.29, 0.717) is 24.6 Å². The van der Waals surface area contributed by atoms with Gasteiger partial charge in [-0.15, -0.1) is 0 Å². The third-order valence-corrected chi connectivity index (χ3v) is 3.45. The summed E-state index contributed by atoms with van der Waals surface area (Å²) in [6, 6.07) is 2.68. The number of rotatable bonds is 6. The van der Waals surface area contributed by atoms with Crippen LogP contribution in [-0.2, 0) is 10.3 Å². The SMILES string of the molecule is CCC(NCC1CC1)(C(=O)O)c1ccc(F)cn1. The van der Waals surface area contributed by atoms with Crippen molar-refractivity contribution in [3.63, 3.8) is 0 Å². The highest BCUT2D eigenvalue weighted by Crippen LogP contribution is 2.31. The van der Waals surface area contributed by atoms with Crippen LogP contribution in [0.3, 0.4) is 0 Å². The number of hydrogen-bond acceptors (Lipinski definition) is 3. The van der Waals surface area contributed by atoms with E-state index < -0.39 is 17.3 Å². The summed E-state index contributed by atoms with van der Waals surface area (Å²) in [5.74, 6) is -0.864. The Morgan fingerprint density at radius 3 is 2.78 bits per heavy atom. The monoisotopic (exact) mass is 252 g/mol. The number of aliphatic carboxylic acids is 1. The van der Waals surface area contributed by atoms with Gasteiger partial charge in [-0.05, 0) is 43.9 Å². The molecule has 0 saturated heterocycles. The van der Waals surface area contributed by atoms with E-state index in [1.165, 1.54) is 12.1 Å². The number of hydrogen-bond donors (Lipinski definition) is 2. The third kappa shape index (κ3) is 2.51. The van der Waals surface area contributed by atoms with Gasteiger partial charge in [-0.1, -0.05) is 6.92 Å². The lowest BCUT2D eigenvalue weighted by Crippen LogP contribution is -2.50. The summed E-state index contributed by atoms with van der Waals surface area (Å²) in [5, 5.41) is 12.6. The van der Waals surface area contributed by atoms with Crippen LogP contribution >= 0.6 is 0 Å². The standard InChI is InChI=1S/C13H17FN2O2/c1-2-13(12(17)18,16-7-9-3-4-9)11-6-5-10(14)8-15-11/h5-6,8-9,16H,2-4,7H2,1H3,(H,17,18). The highest BCUT2D eigenvalue weighted by Gasteiger charge is 2.41. The number of carboxylic acids is 1. The van der Waals surface area contributed by atoms with Crippen LogP contribution in [0.2, 0.25) is 0 Å².